The largest absolute Gasteiger partial charge is 0.309 e. The van der Waals surface area contributed by atoms with Crippen LogP contribution in [0.15, 0.2) is 36.8 Å². The summed E-state index contributed by atoms with van der Waals surface area (Å²) in [5, 5.41) is 0.265. The Labute approximate surface area is 74.7 Å². The van der Waals surface area contributed by atoms with E-state index in [0.717, 1.165) is 5.82 Å². The lowest BCUT2D eigenvalue weighted by molar-refractivity contribution is 0.983. The number of hydrogen-bond donors (Lipinski definition) is 0. The highest BCUT2D eigenvalue weighted by Gasteiger charge is 1.96. The molecule has 2 aromatic rings. The standard InChI is InChI=1S/C8H6ClN3/c9-8-10-4-3-7(11-8)12-5-1-2-6-12/h1-6H. The van der Waals surface area contributed by atoms with Crippen LogP contribution in [0, 0.1) is 0 Å². The highest BCUT2D eigenvalue weighted by molar-refractivity contribution is 6.28. The van der Waals surface area contributed by atoms with Gasteiger partial charge in [-0.15, -0.1) is 0 Å². The molecule has 0 fully saturated rings. The van der Waals surface area contributed by atoms with Crippen molar-refractivity contribution in [3.8, 4) is 5.82 Å². The summed E-state index contributed by atoms with van der Waals surface area (Å²) in [4.78, 5) is 7.82. The first kappa shape index (κ1) is 7.31. The Morgan fingerprint density at radius 2 is 2.00 bits per heavy atom. The summed E-state index contributed by atoms with van der Waals surface area (Å²) in [6, 6.07) is 5.65. The molecule has 0 saturated heterocycles. The van der Waals surface area contributed by atoms with Crippen LogP contribution in [0.3, 0.4) is 0 Å². The van der Waals surface area contributed by atoms with Crippen LogP contribution in [-0.4, -0.2) is 14.5 Å². The second-order valence-corrected chi connectivity index (χ2v) is 2.61. The summed E-state index contributed by atoms with van der Waals surface area (Å²) in [6.07, 6.45) is 5.43. The van der Waals surface area contributed by atoms with Crippen molar-refractivity contribution in [2.75, 3.05) is 0 Å². The summed E-state index contributed by atoms with van der Waals surface area (Å²) in [5.74, 6) is 0.778. The van der Waals surface area contributed by atoms with Crippen molar-refractivity contribution in [3.63, 3.8) is 0 Å². The zero-order valence-corrected chi connectivity index (χ0v) is 6.94. The Balaban J connectivity index is 2.48. The van der Waals surface area contributed by atoms with Gasteiger partial charge in [-0.2, -0.15) is 4.98 Å². The molecule has 3 nitrogen and oxygen atoms in total. The van der Waals surface area contributed by atoms with E-state index in [4.69, 9.17) is 11.6 Å². The van der Waals surface area contributed by atoms with Gasteiger partial charge in [0.05, 0.1) is 0 Å². The van der Waals surface area contributed by atoms with Gasteiger partial charge in [0.15, 0.2) is 0 Å². The summed E-state index contributed by atoms with van der Waals surface area (Å²) in [5.41, 5.74) is 0. The number of hydrogen-bond acceptors (Lipinski definition) is 2. The third-order valence-corrected chi connectivity index (χ3v) is 1.66. The molecule has 0 aliphatic carbocycles. The number of nitrogens with zero attached hydrogens (tertiary/aromatic N) is 3. The Kier molecular flexibility index (Phi) is 1.80. The van der Waals surface area contributed by atoms with Crippen molar-refractivity contribution in [3.05, 3.63) is 42.1 Å². The molecule has 2 heterocycles. The minimum atomic E-state index is 0.265. The van der Waals surface area contributed by atoms with E-state index in [0.29, 0.717) is 0 Å². The Morgan fingerprint density at radius 1 is 1.25 bits per heavy atom. The molecule has 0 aromatic carbocycles. The van der Waals surface area contributed by atoms with Crippen LogP contribution in [0.2, 0.25) is 5.28 Å². The van der Waals surface area contributed by atoms with Crippen molar-refractivity contribution in [1.82, 2.24) is 14.5 Å². The topological polar surface area (TPSA) is 30.7 Å². The predicted octanol–water partition coefficient (Wildman–Crippen LogP) is 1.92. The van der Waals surface area contributed by atoms with Crippen molar-refractivity contribution in [2.45, 2.75) is 0 Å². The van der Waals surface area contributed by atoms with Crippen LogP contribution in [0.5, 0.6) is 0 Å². The fourth-order valence-corrected chi connectivity index (χ4v) is 1.10. The van der Waals surface area contributed by atoms with Crippen LogP contribution in [-0.2, 0) is 0 Å². The van der Waals surface area contributed by atoms with Gasteiger partial charge in [-0.25, -0.2) is 4.98 Å². The summed E-state index contributed by atoms with van der Waals surface area (Å²) in [7, 11) is 0. The molecular weight excluding hydrogens is 174 g/mol. The van der Waals surface area contributed by atoms with Crippen LogP contribution >= 0.6 is 11.6 Å². The molecule has 0 aliphatic rings. The van der Waals surface area contributed by atoms with Gasteiger partial charge in [-0.3, -0.25) is 0 Å². The quantitative estimate of drug-likeness (QED) is 0.627. The molecule has 0 amide bonds. The van der Waals surface area contributed by atoms with Crippen molar-refractivity contribution >= 4 is 11.6 Å². The SMILES string of the molecule is Clc1nccc(-n2cccc2)n1. The highest BCUT2D eigenvalue weighted by atomic mass is 35.5. The van der Waals surface area contributed by atoms with Gasteiger partial charge in [0.2, 0.25) is 5.28 Å². The zero-order valence-electron chi connectivity index (χ0n) is 6.18. The fraction of sp³-hybridized carbons (Fsp3) is 0. The van der Waals surface area contributed by atoms with Gasteiger partial charge in [-0.05, 0) is 29.8 Å². The highest BCUT2D eigenvalue weighted by Crippen LogP contribution is 2.06. The zero-order chi connectivity index (χ0) is 8.39. The van der Waals surface area contributed by atoms with E-state index in [1.165, 1.54) is 0 Å². The van der Waals surface area contributed by atoms with Crippen LogP contribution in [0.1, 0.15) is 0 Å². The van der Waals surface area contributed by atoms with Gasteiger partial charge in [-0.1, -0.05) is 0 Å². The molecular formula is C8H6ClN3. The second kappa shape index (κ2) is 2.95. The first-order valence-corrected chi connectivity index (χ1v) is 3.86. The molecule has 2 aromatic heterocycles. The van der Waals surface area contributed by atoms with E-state index in [1.54, 1.807) is 12.3 Å². The normalized spacial score (nSPS) is 10.1. The van der Waals surface area contributed by atoms with Gasteiger partial charge < -0.3 is 4.57 Å². The van der Waals surface area contributed by atoms with Crippen molar-refractivity contribution < 1.29 is 0 Å². The van der Waals surface area contributed by atoms with E-state index in [9.17, 15) is 0 Å². The lowest BCUT2D eigenvalue weighted by atomic mass is 10.6. The molecule has 2 rings (SSSR count). The monoisotopic (exact) mass is 179 g/mol. The van der Waals surface area contributed by atoms with Gasteiger partial charge in [0, 0.05) is 18.6 Å². The molecule has 0 saturated carbocycles. The molecule has 0 aliphatic heterocycles. The van der Waals surface area contributed by atoms with Gasteiger partial charge in [0.1, 0.15) is 5.82 Å². The summed E-state index contributed by atoms with van der Waals surface area (Å²) < 4.78 is 1.87. The maximum Gasteiger partial charge on any atom is 0.224 e. The molecule has 4 heteroatoms. The Bertz CT molecular complexity index is 370. The minimum Gasteiger partial charge on any atom is -0.309 e. The van der Waals surface area contributed by atoms with Crippen LogP contribution in [0.4, 0.5) is 0 Å². The van der Waals surface area contributed by atoms with E-state index in [2.05, 4.69) is 9.97 Å². The van der Waals surface area contributed by atoms with E-state index in [-0.39, 0.29) is 5.28 Å². The van der Waals surface area contributed by atoms with Crippen LogP contribution < -0.4 is 0 Å². The van der Waals surface area contributed by atoms with E-state index in [1.807, 2.05) is 29.1 Å². The molecule has 0 unspecified atom stereocenters. The lowest BCUT2D eigenvalue weighted by Gasteiger charge is -1.99. The maximum absolute atomic E-state index is 5.63. The number of aromatic nitrogens is 3. The molecule has 0 N–H and O–H groups in total. The van der Waals surface area contributed by atoms with Crippen molar-refractivity contribution in [1.29, 1.82) is 0 Å². The maximum atomic E-state index is 5.63. The number of halogens is 1. The fourth-order valence-electron chi connectivity index (χ4n) is 0.957. The second-order valence-electron chi connectivity index (χ2n) is 2.27. The van der Waals surface area contributed by atoms with Crippen LogP contribution in [0.25, 0.3) is 5.82 Å². The first-order chi connectivity index (χ1) is 5.86. The predicted molar refractivity (Wildman–Crippen MR) is 46.4 cm³/mol. The van der Waals surface area contributed by atoms with E-state index < -0.39 is 0 Å². The first-order valence-electron chi connectivity index (χ1n) is 3.48. The minimum absolute atomic E-state index is 0.265. The molecule has 0 bridgehead atoms. The summed E-state index contributed by atoms with van der Waals surface area (Å²) >= 11 is 5.63. The summed E-state index contributed by atoms with van der Waals surface area (Å²) in [6.45, 7) is 0. The molecule has 12 heavy (non-hydrogen) atoms. The molecule has 0 spiro atoms. The smallest absolute Gasteiger partial charge is 0.224 e. The lowest BCUT2D eigenvalue weighted by Crippen LogP contribution is -1.94. The third kappa shape index (κ3) is 1.31. The molecule has 0 atom stereocenters. The van der Waals surface area contributed by atoms with Gasteiger partial charge in [0.25, 0.3) is 0 Å². The van der Waals surface area contributed by atoms with Crippen molar-refractivity contribution in [2.24, 2.45) is 0 Å². The molecule has 60 valence electrons. The number of rotatable bonds is 1. The average molecular weight is 180 g/mol. The molecule has 0 radical (unpaired) electrons. The average Bonchev–Trinajstić information content (AvgIpc) is 2.56. The van der Waals surface area contributed by atoms with Gasteiger partial charge >= 0.3 is 0 Å². The third-order valence-electron chi connectivity index (χ3n) is 1.48. The Hall–Kier alpha value is -1.35. The van der Waals surface area contributed by atoms with E-state index >= 15 is 0 Å². The Morgan fingerprint density at radius 3 is 2.67 bits per heavy atom.